The topological polar surface area (TPSA) is 95.6 Å². The molecule has 100 valence electrons. The molecule has 0 spiro atoms. The van der Waals surface area contributed by atoms with E-state index in [-0.39, 0.29) is 16.9 Å². The van der Waals surface area contributed by atoms with Crippen LogP contribution >= 0.6 is 0 Å². The number of benzene rings is 1. The second kappa shape index (κ2) is 6.20. The van der Waals surface area contributed by atoms with Crippen molar-refractivity contribution in [3.8, 4) is 0 Å². The average Bonchev–Trinajstić information content (AvgIpc) is 2.28. The summed E-state index contributed by atoms with van der Waals surface area (Å²) in [6.07, 6.45) is 0.879. The maximum atomic E-state index is 13.2. The van der Waals surface area contributed by atoms with Gasteiger partial charge in [-0.15, -0.1) is 0 Å². The van der Waals surface area contributed by atoms with Crippen LogP contribution in [0.2, 0.25) is 0 Å². The average molecular weight is 256 g/mol. The minimum absolute atomic E-state index is 0.257. The summed E-state index contributed by atoms with van der Waals surface area (Å²) in [5.74, 6) is -2.02. The molecule has 18 heavy (non-hydrogen) atoms. The molecule has 1 rings (SSSR count). The molecule has 0 aromatic heterocycles. The molecular formula is C12H17FN2O3. The number of hydrogen-bond donors (Lipinski definition) is 4. The van der Waals surface area contributed by atoms with E-state index in [4.69, 9.17) is 15.9 Å². The molecule has 1 unspecified atom stereocenters. The minimum atomic E-state index is -1.27. The van der Waals surface area contributed by atoms with Gasteiger partial charge in [0.05, 0.1) is 17.5 Å². The van der Waals surface area contributed by atoms with E-state index in [2.05, 4.69) is 5.32 Å². The van der Waals surface area contributed by atoms with E-state index in [0.29, 0.717) is 19.4 Å². The normalized spacial score (nSPS) is 12.2. The fourth-order valence-corrected chi connectivity index (χ4v) is 1.59. The zero-order valence-electron chi connectivity index (χ0n) is 10.1. The molecule has 0 saturated carbocycles. The van der Waals surface area contributed by atoms with E-state index in [1.54, 1.807) is 6.92 Å². The first-order valence-electron chi connectivity index (χ1n) is 5.66. The van der Waals surface area contributed by atoms with Crippen LogP contribution in [0.25, 0.3) is 0 Å². The highest BCUT2D eigenvalue weighted by molar-refractivity contribution is 6.00. The lowest BCUT2D eigenvalue weighted by Crippen LogP contribution is -2.12. The SMILES string of the molecule is CC(O)CCCNc1ccc(F)c(N)c1C(=O)O. The first-order chi connectivity index (χ1) is 8.43. The molecule has 0 aliphatic carbocycles. The number of aliphatic hydroxyl groups excluding tert-OH is 1. The van der Waals surface area contributed by atoms with E-state index >= 15 is 0 Å². The number of aliphatic hydroxyl groups is 1. The highest BCUT2D eigenvalue weighted by atomic mass is 19.1. The number of nitrogens with two attached hydrogens (primary N) is 1. The summed E-state index contributed by atoms with van der Waals surface area (Å²) in [5, 5.41) is 20.9. The van der Waals surface area contributed by atoms with Crippen LogP contribution in [0.5, 0.6) is 0 Å². The van der Waals surface area contributed by atoms with Crippen molar-refractivity contribution in [2.75, 3.05) is 17.6 Å². The second-order valence-electron chi connectivity index (χ2n) is 4.11. The van der Waals surface area contributed by atoms with Gasteiger partial charge in [0, 0.05) is 6.54 Å². The van der Waals surface area contributed by atoms with Gasteiger partial charge in [-0.1, -0.05) is 0 Å². The number of nitrogens with one attached hydrogen (secondary N) is 1. The number of halogens is 1. The molecular weight excluding hydrogens is 239 g/mol. The van der Waals surface area contributed by atoms with Gasteiger partial charge in [-0.05, 0) is 31.9 Å². The van der Waals surface area contributed by atoms with Gasteiger partial charge in [-0.25, -0.2) is 9.18 Å². The molecule has 1 atom stereocenters. The molecule has 0 heterocycles. The minimum Gasteiger partial charge on any atom is -0.478 e. The summed E-state index contributed by atoms with van der Waals surface area (Å²) in [5.41, 5.74) is 5.06. The van der Waals surface area contributed by atoms with Crippen molar-refractivity contribution in [2.24, 2.45) is 0 Å². The Labute approximate surface area is 104 Å². The lowest BCUT2D eigenvalue weighted by molar-refractivity contribution is 0.0698. The third kappa shape index (κ3) is 3.59. The Morgan fingerprint density at radius 3 is 2.78 bits per heavy atom. The number of rotatable bonds is 6. The third-order valence-corrected chi connectivity index (χ3v) is 2.52. The Kier molecular flexibility index (Phi) is 4.91. The van der Waals surface area contributed by atoms with Gasteiger partial charge in [0.25, 0.3) is 0 Å². The summed E-state index contributed by atoms with van der Waals surface area (Å²) in [6, 6.07) is 2.47. The quantitative estimate of drug-likeness (QED) is 0.459. The van der Waals surface area contributed by atoms with Crippen LogP contribution in [0.4, 0.5) is 15.8 Å². The Balaban J connectivity index is 2.76. The lowest BCUT2D eigenvalue weighted by atomic mass is 10.1. The van der Waals surface area contributed by atoms with Crippen molar-refractivity contribution in [1.82, 2.24) is 0 Å². The highest BCUT2D eigenvalue weighted by Gasteiger charge is 2.17. The van der Waals surface area contributed by atoms with Crippen molar-refractivity contribution < 1.29 is 19.4 Å². The Morgan fingerprint density at radius 2 is 2.22 bits per heavy atom. The van der Waals surface area contributed by atoms with Crippen LogP contribution in [0, 0.1) is 5.82 Å². The molecule has 6 heteroatoms. The second-order valence-corrected chi connectivity index (χ2v) is 4.11. The number of anilines is 2. The molecule has 0 aliphatic heterocycles. The van der Waals surface area contributed by atoms with Gasteiger partial charge in [0.1, 0.15) is 11.4 Å². The van der Waals surface area contributed by atoms with Crippen LogP contribution in [0.15, 0.2) is 12.1 Å². The largest absolute Gasteiger partial charge is 0.478 e. The van der Waals surface area contributed by atoms with Gasteiger partial charge in [0.15, 0.2) is 0 Å². The van der Waals surface area contributed by atoms with Gasteiger partial charge in [-0.3, -0.25) is 0 Å². The van der Waals surface area contributed by atoms with Crippen molar-refractivity contribution in [3.63, 3.8) is 0 Å². The first-order valence-corrected chi connectivity index (χ1v) is 5.66. The van der Waals surface area contributed by atoms with Crippen molar-refractivity contribution in [1.29, 1.82) is 0 Å². The number of aromatic carboxylic acids is 1. The van der Waals surface area contributed by atoms with Gasteiger partial charge < -0.3 is 21.3 Å². The summed E-state index contributed by atoms with van der Waals surface area (Å²) in [4.78, 5) is 11.0. The number of carboxylic acids is 1. The number of carboxylic acid groups (broad SMARTS) is 1. The van der Waals surface area contributed by atoms with Crippen LogP contribution in [0.1, 0.15) is 30.1 Å². The maximum Gasteiger partial charge on any atom is 0.340 e. The number of carbonyl (C=O) groups is 1. The first kappa shape index (κ1) is 14.2. The third-order valence-electron chi connectivity index (χ3n) is 2.52. The fraction of sp³-hybridized carbons (Fsp3) is 0.417. The predicted octanol–water partition coefficient (Wildman–Crippen LogP) is 1.68. The Hall–Kier alpha value is -1.82. The number of nitrogen functional groups attached to an aromatic ring is 1. The summed E-state index contributed by atoms with van der Waals surface area (Å²) < 4.78 is 13.2. The van der Waals surface area contributed by atoms with E-state index < -0.39 is 17.9 Å². The smallest absolute Gasteiger partial charge is 0.340 e. The van der Waals surface area contributed by atoms with Gasteiger partial charge in [0.2, 0.25) is 0 Å². The van der Waals surface area contributed by atoms with Crippen LogP contribution in [0.3, 0.4) is 0 Å². The molecule has 5 nitrogen and oxygen atoms in total. The molecule has 0 bridgehead atoms. The molecule has 0 fully saturated rings. The Bertz CT molecular complexity index is 436. The monoisotopic (exact) mass is 256 g/mol. The Morgan fingerprint density at radius 1 is 1.56 bits per heavy atom. The molecule has 1 aromatic carbocycles. The fourth-order valence-electron chi connectivity index (χ4n) is 1.59. The maximum absolute atomic E-state index is 13.2. The highest BCUT2D eigenvalue weighted by Crippen LogP contribution is 2.25. The molecule has 0 aliphatic rings. The predicted molar refractivity (Wildman–Crippen MR) is 67.2 cm³/mol. The van der Waals surface area contributed by atoms with Gasteiger partial charge in [-0.2, -0.15) is 0 Å². The molecule has 0 saturated heterocycles. The van der Waals surface area contributed by atoms with E-state index in [0.717, 1.165) is 6.07 Å². The molecule has 0 amide bonds. The van der Waals surface area contributed by atoms with E-state index in [1.807, 2.05) is 0 Å². The molecule has 0 radical (unpaired) electrons. The van der Waals surface area contributed by atoms with Crippen LogP contribution < -0.4 is 11.1 Å². The summed E-state index contributed by atoms with van der Waals surface area (Å²) in [7, 11) is 0. The van der Waals surface area contributed by atoms with Crippen LogP contribution in [-0.2, 0) is 0 Å². The van der Waals surface area contributed by atoms with E-state index in [9.17, 15) is 9.18 Å². The molecule has 1 aromatic rings. The van der Waals surface area contributed by atoms with Crippen molar-refractivity contribution >= 4 is 17.3 Å². The van der Waals surface area contributed by atoms with Crippen molar-refractivity contribution in [2.45, 2.75) is 25.9 Å². The summed E-state index contributed by atoms with van der Waals surface area (Å²) >= 11 is 0. The zero-order valence-corrected chi connectivity index (χ0v) is 10.1. The van der Waals surface area contributed by atoms with Crippen LogP contribution in [-0.4, -0.2) is 28.8 Å². The van der Waals surface area contributed by atoms with Crippen molar-refractivity contribution in [3.05, 3.63) is 23.5 Å². The van der Waals surface area contributed by atoms with Gasteiger partial charge >= 0.3 is 5.97 Å². The zero-order chi connectivity index (χ0) is 13.7. The van der Waals surface area contributed by atoms with E-state index in [1.165, 1.54) is 6.07 Å². The standard InChI is InChI=1S/C12H17FN2O3/c1-7(16)3-2-6-15-9-5-4-8(13)11(14)10(9)12(17)18/h4-5,7,15-16H,2-3,6,14H2,1H3,(H,17,18). The lowest BCUT2D eigenvalue weighted by Gasteiger charge is -2.12. The summed E-state index contributed by atoms with van der Waals surface area (Å²) in [6.45, 7) is 2.16. The molecule has 5 N–H and O–H groups in total. The number of hydrogen-bond acceptors (Lipinski definition) is 4.